The molecule has 35 heavy (non-hydrogen) atoms. The highest BCUT2D eigenvalue weighted by Crippen LogP contribution is 2.33. The quantitative estimate of drug-likeness (QED) is 0.259. The lowest BCUT2D eigenvalue weighted by atomic mass is 9.98. The molecule has 0 aliphatic heterocycles. The van der Waals surface area contributed by atoms with Gasteiger partial charge >= 0.3 is 0 Å². The van der Waals surface area contributed by atoms with Crippen LogP contribution in [0.4, 0.5) is 5.69 Å². The van der Waals surface area contributed by atoms with E-state index in [1.165, 1.54) is 0 Å². The molecule has 0 amide bonds. The first-order valence-electron chi connectivity index (χ1n) is 11.5. The van der Waals surface area contributed by atoms with E-state index in [0.29, 0.717) is 27.4 Å². The summed E-state index contributed by atoms with van der Waals surface area (Å²) < 4.78 is 6.49. The van der Waals surface area contributed by atoms with Crippen LogP contribution in [0.5, 0.6) is 0 Å². The van der Waals surface area contributed by atoms with Gasteiger partial charge in [-0.3, -0.25) is 4.79 Å². The first kappa shape index (κ1) is 22.9. The van der Waals surface area contributed by atoms with Gasteiger partial charge in [-0.2, -0.15) is 0 Å². The Morgan fingerprint density at radius 3 is 2.26 bits per heavy atom. The Kier molecular flexibility index (Phi) is 6.14. The topological polar surface area (TPSA) is 55.1 Å². The van der Waals surface area contributed by atoms with Crippen LogP contribution >= 0.6 is 11.6 Å². The van der Waals surface area contributed by atoms with Gasteiger partial charge in [0.25, 0.3) is 0 Å². The van der Waals surface area contributed by atoms with Gasteiger partial charge in [-0.05, 0) is 55.7 Å². The van der Waals surface area contributed by atoms with E-state index in [9.17, 15) is 4.79 Å². The molecular weight excluding hydrogens is 456 g/mol. The number of halogens is 1. The van der Waals surface area contributed by atoms with Crippen molar-refractivity contribution >= 4 is 28.3 Å². The van der Waals surface area contributed by atoms with Crippen LogP contribution in [0.15, 0.2) is 94.3 Å². The number of nitrogens with one attached hydrogen (secondary N) is 1. The summed E-state index contributed by atoms with van der Waals surface area (Å²) in [5.41, 5.74) is 7.05. The first-order chi connectivity index (χ1) is 16.9. The third-order valence-electron chi connectivity index (χ3n) is 6.22. The van der Waals surface area contributed by atoms with Gasteiger partial charge in [0.1, 0.15) is 16.5 Å². The molecule has 5 aromatic rings. The van der Waals surface area contributed by atoms with Crippen LogP contribution in [0.25, 0.3) is 33.4 Å². The molecule has 1 N–H and O–H groups in total. The molecule has 2 heterocycles. The summed E-state index contributed by atoms with van der Waals surface area (Å²) in [6.45, 7) is 5.86. The summed E-state index contributed by atoms with van der Waals surface area (Å²) in [5.74, 6) is 0.590. The molecule has 5 heteroatoms. The maximum atomic E-state index is 13.4. The molecule has 3 aromatic carbocycles. The third-order valence-corrected chi connectivity index (χ3v) is 6.45. The third kappa shape index (κ3) is 4.58. The van der Waals surface area contributed by atoms with Gasteiger partial charge < -0.3 is 9.73 Å². The van der Waals surface area contributed by atoms with Gasteiger partial charge in [-0.1, -0.05) is 72.3 Å². The molecule has 0 fully saturated rings. The fourth-order valence-electron chi connectivity index (χ4n) is 4.40. The van der Waals surface area contributed by atoms with Crippen LogP contribution < -0.4 is 10.7 Å². The Bertz CT molecular complexity index is 1560. The second-order valence-corrected chi connectivity index (χ2v) is 9.18. The number of pyridine rings is 1. The lowest BCUT2D eigenvalue weighted by molar-refractivity contribution is 0.605. The molecule has 4 nitrogen and oxygen atoms in total. The van der Waals surface area contributed by atoms with Crippen molar-refractivity contribution in [3.05, 3.63) is 117 Å². The highest BCUT2D eigenvalue weighted by Gasteiger charge is 2.19. The predicted octanol–water partition coefficient (Wildman–Crippen LogP) is 7.97. The van der Waals surface area contributed by atoms with E-state index in [4.69, 9.17) is 16.0 Å². The number of hydrogen-bond donors (Lipinski definition) is 1. The molecule has 0 spiro atoms. The molecule has 2 aromatic heterocycles. The molecule has 5 rings (SSSR count). The van der Waals surface area contributed by atoms with Crippen LogP contribution in [-0.4, -0.2) is 4.98 Å². The fraction of sp³-hybridized carbons (Fsp3) is 0.133. The molecule has 1 atom stereocenters. The number of hydrogen-bond acceptors (Lipinski definition) is 4. The number of fused-ring (bicyclic) bond motifs is 1. The van der Waals surface area contributed by atoms with Crippen LogP contribution in [-0.2, 0) is 0 Å². The Labute approximate surface area is 209 Å². The van der Waals surface area contributed by atoms with Gasteiger partial charge in [-0.25, -0.2) is 4.98 Å². The van der Waals surface area contributed by atoms with Crippen molar-refractivity contribution in [2.24, 2.45) is 0 Å². The van der Waals surface area contributed by atoms with E-state index in [0.717, 1.165) is 33.5 Å². The standard InChI is InChI=1S/C30H25ClN2O2/c1-18-15-25(20(3)33-24-13-14-27(31)32-17-24)30-26(16-18)28(34)19(2)29(35-30)23-11-9-22(10-12-23)21-7-5-4-6-8-21/h4-17,20,33H,1-3H3. The largest absolute Gasteiger partial charge is 0.455 e. The number of nitrogens with zero attached hydrogens (tertiary/aromatic N) is 1. The van der Waals surface area contributed by atoms with Crippen molar-refractivity contribution in [1.29, 1.82) is 0 Å². The molecule has 0 bridgehead atoms. The van der Waals surface area contributed by atoms with E-state index in [-0.39, 0.29) is 11.5 Å². The molecule has 0 saturated carbocycles. The van der Waals surface area contributed by atoms with Crippen molar-refractivity contribution in [2.45, 2.75) is 26.8 Å². The minimum absolute atomic E-state index is 0.0151. The highest BCUT2D eigenvalue weighted by atomic mass is 35.5. The zero-order valence-corrected chi connectivity index (χ0v) is 20.6. The SMILES string of the molecule is Cc1cc(C(C)Nc2ccc(Cl)nc2)c2oc(-c3ccc(-c4ccccc4)cc3)c(C)c(=O)c2c1. The Morgan fingerprint density at radius 1 is 0.886 bits per heavy atom. The Morgan fingerprint density at radius 2 is 1.57 bits per heavy atom. The zero-order chi connectivity index (χ0) is 24.5. The summed E-state index contributed by atoms with van der Waals surface area (Å²) in [7, 11) is 0. The highest BCUT2D eigenvalue weighted by molar-refractivity contribution is 6.29. The van der Waals surface area contributed by atoms with Crippen molar-refractivity contribution in [3.8, 4) is 22.5 Å². The van der Waals surface area contributed by atoms with E-state index < -0.39 is 0 Å². The fourth-order valence-corrected chi connectivity index (χ4v) is 4.51. The molecule has 0 radical (unpaired) electrons. The minimum atomic E-state index is -0.125. The Balaban J connectivity index is 1.59. The number of anilines is 1. The molecular formula is C30H25ClN2O2. The maximum Gasteiger partial charge on any atom is 0.196 e. The number of benzene rings is 3. The smallest absolute Gasteiger partial charge is 0.196 e. The summed E-state index contributed by atoms with van der Waals surface area (Å²) >= 11 is 5.93. The van der Waals surface area contributed by atoms with Crippen molar-refractivity contribution in [2.75, 3.05) is 5.32 Å². The number of aryl methyl sites for hydroxylation is 1. The average molecular weight is 481 g/mol. The molecule has 0 saturated heterocycles. The number of aromatic nitrogens is 1. The molecule has 174 valence electrons. The zero-order valence-electron chi connectivity index (χ0n) is 19.8. The predicted molar refractivity (Wildman–Crippen MR) is 144 cm³/mol. The molecule has 0 aliphatic rings. The second-order valence-electron chi connectivity index (χ2n) is 8.80. The van der Waals surface area contributed by atoms with E-state index in [1.54, 1.807) is 12.3 Å². The van der Waals surface area contributed by atoms with E-state index in [2.05, 4.69) is 40.6 Å². The van der Waals surface area contributed by atoms with E-state index in [1.807, 2.05) is 63.2 Å². The monoisotopic (exact) mass is 480 g/mol. The van der Waals surface area contributed by atoms with Gasteiger partial charge in [0.2, 0.25) is 0 Å². The lowest BCUT2D eigenvalue weighted by Crippen LogP contribution is -2.12. The van der Waals surface area contributed by atoms with Gasteiger partial charge in [-0.15, -0.1) is 0 Å². The average Bonchev–Trinajstić information content (AvgIpc) is 2.88. The van der Waals surface area contributed by atoms with Crippen molar-refractivity contribution < 1.29 is 4.42 Å². The minimum Gasteiger partial charge on any atom is -0.455 e. The molecule has 0 aliphatic carbocycles. The summed E-state index contributed by atoms with van der Waals surface area (Å²) in [6, 6.07) is 25.8. The second kappa shape index (κ2) is 9.40. The molecule has 1 unspecified atom stereocenters. The summed E-state index contributed by atoms with van der Waals surface area (Å²) in [6.07, 6.45) is 1.69. The van der Waals surface area contributed by atoms with Crippen molar-refractivity contribution in [3.63, 3.8) is 0 Å². The van der Waals surface area contributed by atoms with Crippen molar-refractivity contribution in [1.82, 2.24) is 4.98 Å². The van der Waals surface area contributed by atoms with Crippen LogP contribution in [0.3, 0.4) is 0 Å². The maximum absolute atomic E-state index is 13.4. The van der Waals surface area contributed by atoms with Gasteiger partial charge in [0.15, 0.2) is 5.43 Å². The normalized spacial score (nSPS) is 12.0. The van der Waals surface area contributed by atoms with Gasteiger partial charge in [0.05, 0.1) is 23.3 Å². The summed E-state index contributed by atoms with van der Waals surface area (Å²) in [4.78, 5) is 17.6. The lowest BCUT2D eigenvalue weighted by Gasteiger charge is -2.19. The number of rotatable bonds is 5. The van der Waals surface area contributed by atoms with Gasteiger partial charge in [0, 0.05) is 16.7 Å². The van der Waals surface area contributed by atoms with Crippen LogP contribution in [0.1, 0.15) is 29.7 Å². The summed E-state index contributed by atoms with van der Waals surface area (Å²) in [5, 5.41) is 4.47. The Hall–Kier alpha value is -3.89. The van der Waals surface area contributed by atoms with Crippen LogP contribution in [0.2, 0.25) is 5.15 Å². The van der Waals surface area contributed by atoms with E-state index >= 15 is 0 Å². The van der Waals surface area contributed by atoms with Crippen LogP contribution in [0, 0.1) is 13.8 Å². The first-order valence-corrected chi connectivity index (χ1v) is 11.9.